The zero-order chi connectivity index (χ0) is 23.7. The predicted octanol–water partition coefficient (Wildman–Crippen LogP) is 1.31. The van der Waals surface area contributed by atoms with E-state index in [0.717, 1.165) is 24.8 Å². The Balaban J connectivity index is 1.25. The van der Waals surface area contributed by atoms with E-state index >= 15 is 0 Å². The van der Waals surface area contributed by atoms with Crippen molar-refractivity contribution in [1.82, 2.24) is 25.3 Å². The van der Waals surface area contributed by atoms with Crippen LogP contribution in [0.5, 0.6) is 5.75 Å². The number of carbonyl (C=O) groups excluding carboxylic acids is 4. The summed E-state index contributed by atoms with van der Waals surface area (Å²) in [6.07, 6.45) is 6.33. The number of likely N-dealkylation sites (tertiary alicyclic amines) is 1. The third kappa shape index (κ3) is 4.23. The molecule has 5 rings (SSSR count). The molecule has 2 aromatic rings. The molecule has 0 spiro atoms. The van der Waals surface area contributed by atoms with Gasteiger partial charge < -0.3 is 14.5 Å². The van der Waals surface area contributed by atoms with Gasteiger partial charge in [0.05, 0.1) is 24.0 Å². The van der Waals surface area contributed by atoms with Crippen molar-refractivity contribution >= 4 is 23.6 Å². The second-order valence-electron chi connectivity index (χ2n) is 8.81. The van der Waals surface area contributed by atoms with Gasteiger partial charge in [-0.25, -0.2) is 0 Å². The molecule has 0 saturated carbocycles. The van der Waals surface area contributed by atoms with Crippen LogP contribution in [0.4, 0.5) is 0 Å². The predicted molar refractivity (Wildman–Crippen MR) is 119 cm³/mol. The number of ether oxygens (including phenoxy) is 1. The Labute approximate surface area is 196 Å². The fourth-order valence-electron chi connectivity index (χ4n) is 4.86. The number of fused-ring (bicyclic) bond motifs is 1. The van der Waals surface area contributed by atoms with Crippen molar-refractivity contribution in [3.05, 3.63) is 53.3 Å². The van der Waals surface area contributed by atoms with Crippen LogP contribution < -0.4 is 10.1 Å². The molecule has 4 heterocycles. The van der Waals surface area contributed by atoms with Gasteiger partial charge in [-0.2, -0.15) is 10.2 Å². The molecule has 1 unspecified atom stereocenters. The van der Waals surface area contributed by atoms with E-state index < -0.39 is 11.9 Å². The van der Waals surface area contributed by atoms with Gasteiger partial charge in [-0.05, 0) is 55.5 Å². The summed E-state index contributed by atoms with van der Waals surface area (Å²) >= 11 is 0. The molecule has 0 aliphatic carbocycles. The van der Waals surface area contributed by atoms with Crippen LogP contribution in [0.1, 0.15) is 58.4 Å². The number of piperidine rings is 2. The number of benzene rings is 1. The highest BCUT2D eigenvalue weighted by atomic mass is 16.5. The van der Waals surface area contributed by atoms with Gasteiger partial charge in [0.15, 0.2) is 0 Å². The zero-order valence-electron chi connectivity index (χ0n) is 18.6. The molecule has 0 bridgehead atoms. The number of hydrogen-bond acceptors (Lipinski definition) is 7. The lowest BCUT2D eigenvalue weighted by molar-refractivity contribution is -0.136. The summed E-state index contributed by atoms with van der Waals surface area (Å²) in [6, 6.07) is 6.22. The summed E-state index contributed by atoms with van der Waals surface area (Å²) in [5, 5.41) is 9.85. The number of amides is 4. The van der Waals surface area contributed by atoms with E-state index in [-0.39, 0.29) is 30.2 Å². The van der Waals surface area contributed by atoms with Gasteiger partial charge in [-0.15, -0.1) is 0 Å². The highest BCUT2D eigenvalue weighted by Crippen LogP contribution is 2.30. The van der Waals surface area contributed by atoms with Crippen molar-refractivity contribution < 1.29 is 23.9 Å². The van der Waals surface area contributed by atoms with Crippen molar-refractivity contribution in [3.63, 3.8) is 0 Å². The topological polar surface area (TPSA) is 122 Å². The summed E-state index contributed by atoms with van der Waals surface area (Å²) in [5.74, 6) is -0.425. The Hall–Kier alpha value is -3.82. The van der Waals surface area contributed by atoms with E-state index in [9.17, 15) is 19.2 Å². The van der Waals surface area contributed by atoms with E-state index in [1.165, 1.54) is 17.3 Å². The lowest BCUT2D eigenvalue weighted by Crippen LogP contribution is -2.52. The quantitative estimate of drug-likeness (QED) is 0.664. The fourth-order valence-corrected chi connectivity index (χ4v) is 4.86. The Morgan fingerprint density at radius 3 is 2.79 bits per heavy atom. The molecule has 4 amide bonds. The van der Waals surface area contributed by atoms with Gasteiger partial charge in [0.25, 0.3) is 11.8 Å². The minimum absolute atomic E-state index is 0.0655. The highest BCUT2D eigenvalue weighted by Gasteiger charge is 2.39. The minimum Gasteiger partial charge on any atom is -0.491 e. The van der Waals surface area contributed by atoms with Crippen molar-refractivity contribution in [1.29, 1.82) is 0 Å². The van der Waals surface area contributed by atoms with E-state index in [0.29, 0.717) is 43.0 Å². The van der Waals surface area contributed by atoms with Gasteiger partial charge in [-0.3, -0.25) is 24.5 Å². The summed E-state index contributed by atoms with van der Waals surface area (Å²) in [7, 11) is 0. The van der Waals surface area contributed by atoms with E-state index in [4.69, 9.17) is 4.74 Å². The molecule has 2 fully saturated rings. The van der Waals surface area contributed by atoms with Gasteiger partial charge in [0.1, 0.15) is 18.4 Å². The molecule has 34 heavy (non-hydrogen) atoms. The second-order valence-corrected chi connectivity index (χ2v) is 8.81. The normalized spacial score (nSPS) is 22.4. The molecular weight excluding hydrogens is 438 g/mol. The lowest BCUT2D eigenvalue weighted by atomic mass is 10.0. The van der Waals surface area contributed by atoms with E-state index in [1.807, 2.05) is 11.0 Å². The number of hydrogen-bond donors (Lipinski definition) is 1. The first-order valence-electron chi connectivity index (χ1n) is 11.5. The van der Waals surface area contributed by atoms with Crippen LogP contribution in [-0.4, -0.2) is 68.9 Å². The molecule has 1 aromatic carbocycles. The van der Waals surface area contributed by atoms with Gasteiger partial charge >= 0.3 is 0 Å². The van der Waals surface area contributed by atoms with Crippen LogP contribution in [-0.2, 0) is 16.1 Å². The molecule has 3 aliphatic rings. The van der Waals surface area contributed by atoms with Crippen LogP contribution in [0.3, 0.4) is 0 Å². The number of carbonyl (C=O) groups is 4. The van der Waals surface area contributed by atoms with E-state index in [2.05, 4.69) is 15.5 Å². The number of aromatic nitrogens is 2. The van der Waals surface area contributed by atoms with Crippen molar-refractivity contribution in [3.8, 4) is 5.75 Å². The number of rotatable bonds is 5. The van der Waals surface area contributed by atoms with Crippen molar-refractivity contribution in [2.24, 2.45) is 0 Å². The van der Waals surface area contributed by atoms with Crippen molar-refractivity contribution in [2.45, 2.75) is 50.7 Å². The molecule has 3 aliphatic heterocycles. The summed E-state index contributed by atoms with van der Waals surface area (Å²) in [4.78, 5) is 52.8. The number of imide groups is 1. The molecular formula is C24H25N5O5. The maximum atomic E-state index is 13.0. The second kappa shape index (κ2) is 9.20. The maximum Gasteiger partial charge on any atom is 0.255 e. The monoisotopic (exact) mass is 463 g/mol. The van der Waals surface area contributed by atoms with Crippen LogP contribution in [0, 0.1) is 0 Å². The smallest absolute Gasteiger partial charge is 0.255 e. The first-order chi connectivity index (χ1) is 16.5. The van der Waals surface area contributed by atoms with E-state index in [1.54, 1.807) is 18.2 Å². The number of nitrogens with one attached hydrogen (secondary N) is 1. The van der Waals surface area contributed by atoms with Crippen LogP contribution in [0.25, 0.3) is 0 Å². The number of nitrogens with zero attached hydrogens (tertiary/aromatic N) is 4. The molecule has 2 saturated heterocycles. The van der Waals surface area contributed by atoms with Gasteiger partial charge in [0.2, 0.25) is 11.8 Å². The summed E-state index contributed by atoms with van der Waals surface area (Å²) < 4.78 is 6.06. The Kier molecular flexibility index (Phi) is 5.95. The largest absolute Gasteiger partial charge is 0.491 e. The molecule has 10 nitrogen and oxygen atoms in total. The molecule has 1 aromatic heterocycles. The summed E-state index contributed by atoms with van der Waals surface area (Å²) in [5.41, 5.74) is 1.83. The van der Waals surface area contributed by atoms with Gasteiger partial charge in [0, 0.05) is 25.1 Å². The van der Waals surface area contributed by atoms with Crippen LogP contribution in [0.15, 0.2) is 36.7 Å². The molecule has 176 valence electrons. The average Bonchev–Trinajstić information content (AvgIpc) is 3.18. The standard InChI is InChI=1S/C24H25N5O5/c30-21-7-6-20(22(31)27-21)29-13-16-11-18(4-5-19(16)24(29)33)34-14-17-3-1-2-10-28(17)23(32)15-8-9-25-26-12-15/h4-5,8-9,11-12,17,20H,1-3,6-7,10,13-14H2,(H,27,30,31)/t17-,20?/m0/s1. The lowest BCUT2D eigenvalue weighted by Gasteiger charge is -2.35. The third-order valence-electron chi connectivity index (χ3n) is 6.66. The van der Waals surface area contributed by atoms with Crippen molar-refractivity contribution in [2.75, 3.05) is 13.2 Å². The third-order valence-corrected chi connectivity index (χ3v) is 6.66. The summed E-state index contributed by atoms with van der Waals surface area (Å²) in [6.45, 7) is 1.29. The molecule has 2 atom stereocenters. The first kappa shape index (κ1) is 22.0. The SMILES string of the molecule is O=C1CCC(N2Cc3cc(OC[C@@H]4CCCCN4C(=O)c4ccnnc4)ccc3C2=O)C(=O)N1. The zero-order valence-corrected chi connectivity index (χ0v) is 18.6. The average molecular weight is 463 g/mol. The molecule has 1 N–H and O–H groups in total. The van der Waals surface area contributed by atoms with Crippen LogP contribution >= 0.6 is 0 Å². The highest BCUT2D eigenvalue weighted by molar-refractivity contribution is 6.05. The van der Waals surface area contributed by atoms with Crippen LogP contribution in [0.2, 0.25) is 0 Å². The Morgan fingerprint density at radius 1 is 1.12 bits per heavy atom. The molecule has 10 heteroatoms. The molecule has 0 radical (unpaired) electrons. The maximum absolute atomic E-state index is 13.0. The Bertz CT molecular complexity index is 1140. The first-order valence-corrected chi connectivity index (χ1v) is 11.5. The van der Waals surface area contributed by atoms with Gasteiger partial charge in [-0.1, -0.05) is 0 Å². The Morgan fingerprint density at radius 2 is 2.00 bits per heavy atom. The fraction of sp³-hybridized carbons (Fsp3) is 0.417. The minimum atomic E-state index is -0.647.